The van der Waals surface area contributed by atoms with Gasteiger partial charge in [0.05, 0.1) is 5.69 Å². The monoisotopic (exact) mass is 163 g/mol. The zero-order valence-corrected chi connectivity index (χ0v) is 6.40. The predicted molar refractivity (Wildman–Crippen MR) is 47.8 cm³/mol. The van der Waals surface area contributed by atoms with Crippen molar-refractivity contribution in [2.75, 3.05) is 5.43 Å². The van der Waals surface area contributed by atoms with Crippen LogP contribution in [0.3, 0.4) is 0 Å². The second kappa shape index (κ2) is 4.12. The molecule has 12 heavy (non-hydrogen) atoms. The minimum absolute atomic E-state index is 0.0705. The molecular formula is C8H9N3O. The van der Waals surface area contributed by atoms with Gasteiger partial charge in [-0.05, 0) is 12.1 Å². The quantitative estimate of drug-likeness (QED) is 0.296. The summed E-state index contributed by atoms with van der Waals surface area (Å²) < 4.78 is 0. The van der Waals surface area contributed by atoms with Gasteiger partial charge in [-0.1, -0.05) is 18.2 Å². The number of nitrogens with one attached hydrogen (secondary N) is 1. The Labute approximate surface area is 70.1 Å². The molecule has 0 spiro atoms. The summed E-state index contributed by atoms with van der Waals surface area (Å²) in [4.78, 5) is 10.0. The highest BCUT2D eigenvalue weighted by molar-refractivity contribution is 6.26. The van der Waals surface area contributed by atoms with Crippen LogP contribution < -0.4 is 11.2 Å². The third kappa shape index (κ3) is 2.42. The van der Waals surface area contributed by atoms with Crippen molar-refractivity contribution in [1.82, 2.24) is 0 Å². The summed E-state index contributed by atoms with van der Waals surface area (Å²) in [6.07, 6.45) is 0.482. The Morgan fingerprint density at radius 2 is 2.08 bits per heavy atom. The highest BCUT2D eigenvalue weighted by Crippen LogP contribution is 2.03. The van der Waals surface area contributed by atoms with E-state index in [-0.39, 0.29) is 5.84 Å². The van der Waals surface area contributed by atoms with Gasteiger partial charge in [-0.3, -0.25) is 10.2 Å². The minimum Gasteiger partial charge on any atom is -0.380 e. The van der Waals surface area contributed by atoms with Crippen LogP contribution in [-0.2, 0) is 4.79 Å². The maximum absolute atomic E-state index is 10.0. The molecule has 0 heterocycles. The summed E-state index contributed by atoms with van der Waals surface area (Å²) in [5.74, 6) is -0.0705. The van der Waals surface area contributed by atoms with E-state index in [0.29, 0.717) is 6.29 Å². The number of rotatable bonds is 3. The number of carbonyl (C=O) groups excluding carboxylic acids is 1. The van der Waals surface area contributed by atoms with E-state index in [1.54, 1.807) is 0 Å². The topological polar surface area (TPSA) is 67.5 Å². The average Bonchev–Trinajstić information content (AvgIpc) is 2.16. The number of hydrazone groups is 1. The van der Waals surface area contributed by atoms with Gasteiger partial charge in [0.25, 0.3) is 0 Å². The van der Waals surface area contributed by atoms with Crippen LogP contribution in [0.15, 0.2) is 35.4 Å². The Morgan fingerprint density at radius 1 is 1.42 bits per heavy atom. The van der Waals surface area contributed by atoms with Crippen molar-refractivity contribution < 1.29 is 4.79 Å². The molecule has 0 amide bonds. The molecular weight excluding hydrogens is 154 g/mol. The van der Waals surface area contributed by atoms with Gasteiger partial charge in [-0.2, -0.15) is 5.10 Å². The predicted octanol–water partition coefficient (Wildman–Crippen LogP) is 0.570. The average molecular weight is 163 g/mol. The lowest BCUT2D eigenvalue weighted by Gasteiger charge is -1.97. The Kier molecular flexibility index (Phi) is 2.84. The maximum atomic E-state index is 10.0. The van der Waals surface area contributed by atoms with E-state index in [9.17, 15) is 4.79 Å². The number of anilines is 1. The van der Waals surface area contributed by atoms with Crippen molar-refractivity contribution in [2.24, 2.45) is 10.8 Å². The van der Waals surface area contributed by atoms with Crippen molar-refractivity contribution in [3.63, 3.8) is 0 Å². The van der Waals surface area contributed by atoms with Crippen LogP contribution in [0.4, 0.5) is 5.69 Å². The second-order valence-electron chi connectivity index (χ2n) is 2.13. The summed E-state index contributed by atoms with van der Waals surface area (Å²) in [6.45, 7) is 0. The largest absolute Gasteiger partial charge is 0.380 e. The van der Waals surface area contributed by atoms with Crippen molar-refractivity contribution in [3.05, 3.63) is 30.3 Å². The molecule has 0 aliphatic carbocycles. The Balaban J connectivity index is 2.60. The van der Waals surface area contributed by atoms with Crippen LogP contribution in [0.2, 0.25) is 0 Å². The van der Waals surface area contributed by atoms with Gasteiger partial charge in [0, 0.05) is 0 Å². The number of benzene rings is 1. The van der Waals surface area contributed by atoms with Gasteiger partial charge in [-0.15, -0.1) is 0 Å². The lowest BCUT2D eigenvalue weighted by atomic mass is 10.3. The fourth-order valence-electron chi connectivity index (χ4n) is 0.668. The highest BCUT2D eigenvalue weighted by Gasteiger charge is 1.87. The fraction of sp³-hybridized carbons (Fsp3) is 0. The molecule has 0 aromatic heterocycles. The summed E-state index contributed by atoms with van der Waals surface area (Å²) in [5, 5.41) is 3.59. The van der Waals surface area contributed by atoms with Gasteiger partial charge in [0.15, 0.2) is 12.1 Å². The van der Waals surface area contributed by atoms with E-state index < -0.39 is 0 Å². The van der Waals surface area contributed by atoms with Crippen molar-refractivity contribution >= 4 is 17.8 Å². The Hall–Kier alpha value is -1.84. The molecule has 4 nitrogen and oxygen atoms in total. The van der Waals surface area contributed by atoms with Gasteiger partial charge in [0.2, 0.25) is 0 Å². The van der Waals surface area contributed by atoms with Crippen LogP contribution in [0, 0.1) is 0 Å². The van der Waals surface area contributed by atoms with Crippen molar-refractivity contribution in [3.8, 4) is 0 Å². The van der Waals surface area contributed by atoms with Gasteiger partial charge in [-0.25, -0.2) is 0 Å². The molecule has 4 heteroatoms. The molecule has 0 aliphatic heterocycles. The molecule has 0 aliphatic rings. The SMILES string of the molecule is N/C(C=O)=N\Nc1ccccc1. The molecule has 0 radical (unpaired) electrons. The van der Waals surface area contributed by atoms with Gasteiger partial charge in [0.1, 0.15) is 0 Å². The summed E-state index contributed by atoms with van der Waals surface area (Å²) >= 11 is 0. The number of para-hydroxylation sites is 1. The Morgan fingerprint density at radius 3 is 2.67 bits per heavy atom. The number of nitrogens with zero attached hydrogens (tertiary/aromatic N) is 1. The number of nitrogens with two attached hydrogens (primary N) is 1. The zero-order chi connectivity index (χ0) is 8.81. The van der Waals surface area contributed by atoms with Crippen LogP contribution in [0.25, 0.3) is 0 Å². The first-order valence-electron chi connectivity index (χ1n) is 3.42. The Bertz CT molecular complexity index is 282. The molecule has 1 aromatic carbocycles. The third-order valence-corrected chi connectivity index (χ3v) is 1.21. The molecule has 0 saturated heterocycles. The molecule has 3 N–H and O–H groups in total. The molecule has 62 valence electrons. The maximum Gasteiger partial charge on any atom is 0.186 e. The molecule has 1 aromatic rings. The second-order valence-corrected chi connectivity index (χ2v) is 2.13. The van der Waals surface area contributed by atoms with Crippen molar-refractivity contribution in [1.29, 1.82) is 0 Å². The molecule has 0 unspecified atom stereocenters. The van der Waals surface area contributed by atoms with Crippen LogP contribution in [-0.4, -0.2) is 12.1 Å². The summed E-state index contributed by atoms with van der Waals surface area (Å²) in [6, 6.07) is 9.24. The molecule has 1 rings (SSSR count). The lowest BCUT2D eigenvalue weighted by Crippen LogP contribution is -2.14. The first kappa shape index (κ1) is 8.26. The number of carbonyl (C=O) groups is 1. The standard InChI is InChI=1S/C8H9N3O/c9-8(6-12)11-10-7-4-2-1-3-5-7/h1-6,10H,(H2,9,11). The van der Waals surface area contributed by atoms with Gasteiger partial charge >= 0.3 is 0 Å². The molecule has 0 saturated carbocycles. The van der Waals surface area contributed by atoms with E-state index in [2.05, 4.69) is 10.5 Å². The number of amidine groups is 1. The number of aldehydes is 1. The smallest absolute Gasteiger partial charge is 0.186 e. The normalized spacial score (nSPS) is 10.8. The summed E-state index contributed by atoms with van der Waals surface area (Å²) in [5.41, 5.74) is 8.56. The van der Waals surface area contributed by atoms with Crippen LogP contribution in [0.5, 0.6) is 0 Å². The molecule has 0 atom stereocenters. The molecule has 0 fully saturated rings. The summed E-state index contributed by atoms with van der Waals surface area (Å²) in [7, 11) is 0. The minimum atomic E-state index is -0.0705. The van der Waals surface area contributed by atoms with E-state index in [4.69, 9.17) is 5.73 Å². The molecule has 0 bridgehead atoms. The van der Waals surface area contributed by atoms with Gasteiger partial charge < -0.3 is 5.73 Å². The zero-order valence-electron chi connectivity index (χ0n) is 6.40. The highest BCUT2D eigenvalue weighted by atomic mass is 16.1. The van der Waals surface area contributed by atoms with E-state index >= 15 is 0 Å². The first-order chi connectivity index (χ1) is 5.83. The van der Waals surface area contributed by atoms with E-state index in [1.165, 1.54) is 0 Å². The third-order valence-electron chi connectivity index (χ3n) is 1.21. The number of hydrogen-bond donors (Lipinski definition) is 2. The van der Waals surface area contributed by atoms with E-state index in [0.717, 1.165) is 5.69 Å². The lowest BCUT2D eigenvalue weighted by molar-refractivity contribution is -0.102. The number of hydrogen-bond acceptors (Lipinski definition) is 3. The fourth-order valence-corrected chi connectivity index (χ4v) is 0.668. The van der Waals surface area contributed by atoms with Crippen LogP contribution >= 0.6 is 0 Å². The first-order valence-corrected chi connectivity index (χ1v) is 3.42. The van der Waals surface area contributed by atoms with Crippen LogP contribution in [0.1, 0.15) is 0 Å². The van der Waals surface area contributed by atoms with E-state index in [1.807, 2.05) is 30.3 Å². The van der Waals surface area contributed by atoms with Crippen molar-refractivity contribution in [2.45, 2.75) is 0 Å².